The monoisotopic (exact) mass is 134 g/mol. The molecule has 0 atom stereocenters. The van der Waals surface area contributed by atoms with E-state index in [0.717, 1.165) is 12.4 Å². The summed E-state index contributed by atoms with van der Waals surface area (Å²) < 4.78 is 4.87. The van der Waals surface area contributed by atoms with Crippen LogP contribution in [0.3, 0.4) is 0 Å². The molecule has 0 aliphatic carbocycles. The number of rotatable bonds is 5. The van der Waals surface area contributed by atoms with Crippen molar-refractivity contribution in [3.63, 3.8) is 0 Å². The Bertz CT molecular complexity index is 33.5. The van der Waals surface area contributed by atoms with E-state index in [1.165, 1.54) is 12.2 Å². The molecule has 0 heterocycles. The maximum atomic E-state index is 4.87. The first-order valence-corrected chi connectivity index (χ1v) is 4.14. The SMILES string of the molecule is CCCSCCOC. The van der Waals surface area contributed by atoms with Crippen molar-refractivity contribution in [1.82, 2.24) is 0 Å². The minimum atomic E-state index is 0.894. The first kappa shape index (κ1) is 8.31. The highest BCUT2D eigenvalue weighted by Gasteiger charge is 1.83. The molecule has 0 saturated heterocycles. The molecule has 8 heavy (non-hydrogen) atoms. The van der Waals surface area contributed by atoms with Crippen molar-refractivity contribution >= 4 is 11.8 Å². The van der Waals surface area contributed by atoms with Crippen molar-refractivity contribution in [1.29, 1.82) is 0 Å². The molecule has 50 valence electrons. The van der Waals surface area contributed by atoms with Gasteiger partial charge in [0.2, 0.25) is 0 Å². The van der Waals surface area contributed by atoms with Crippen molar-refractivity contribution in [3.8, 4) is 0 Å². The summed E-state index contributed by atoms with van der Waals surface area (Å²) in [5, 5.41) is 0. The fourth-order valence-corrected chi connectivity index (χ4v) is 1.17. The van der Waals surface area contributed by atoms with Crippen LogP contribution in [0, 0.1) is 0 Å². The van der Waals surface area contributed by atoms with Gasteiger partial charge in [0.25, 0.3) is 0 Å². The van der Waals surface area contributed by atoms with E-state index in [1.54, 1.807) is 7.11 Å². The van der Waals surface area contributed by atoms with Gasteiger partial charge in [-0.25, -0.2) is 0 Å². The highest BCUT2D eigenvalue weighted by atomic mass is 32.2. The second-order valence-electron chi connectivity index (χ2n) is 1.61. The van der Waals surface area contributed by atoms with E-state index in [-0.39, 0.29) is 0 Å². The Kier molecular flexibility index (Phi) is 7.59. The summed E-state index contributed by atoms with van der Waals surface area (Å²) >= 11 is 1.95. The minimum absolute atomic E-state index is 0.894. The van der Waals surface area contributed by atoms with Crippen molar-refractivity contribution < 1.29 is 4.74 Å². The lowest BCUT2D eigenvalue weighted by atomic mass is 10.6. The highest BCUT2D eigenvalue weighted by molar-refractivity contribution is 7.99. The fraction of sp³-hybridized carbons (Fsp3) is 1.00. The Morgan fingerprint density at radius 1 is 1.38 bits per heavy atom. The summed E-state index contributed by atoms with van der Waals surface area (Å²) in [5.74, 6) is 2.41. The highest BCUT2D eigenvalue weighted by Crippen LogP contribution is 1.99. The third-order valence-electron chi connectivity index (χ3n) is 0.780. The third-order valence-corrected chi connectivity index (χ3v) is 1.93. The second-order valence-corrected chi connectivity index (χ2v) is 2.83. The summed E-state index contributed by atoms with van der Waals surface area (Å²) in [6.07, 6.45) is 1.27. The van der Waals surface area contributed by atoms with Crippen LogP contribution in [-0.2, 0) is 4.74 Å². The summed E-state index contributed by atoms with van der Waals surface area (Å²) in [6.45, 7) is 3.09. The standard InChI is InChI=1S/C6H14OS/c1-3-5-8-6-4-7-2/h3-6H2,1-2H3. The number of hydrogen-bond acceptors (Lipinski definition) is 2. The largest absolute Gasteiger partial charge is 0.384 e. The first-order valence-electron chi connectivity index (χ1n) is 2.98. The Morgan fingerprint density at radius 2 is 2.12 bits per heavy atom. The quantitative estimate of drug-likeness (QED) is 0.530. The Morgan fingerprint density at radius 3 is 2.62 bits per heavy atom. The van der Waals surface area contributed by atoms with Gasteiger partial charge in [0.1, 0.15) is 0 Å². The van der Waals surface area contributed by atoms with E-state index < -0.39 is 0 Å². The van der Waals surface area contributed by atoms with Crippen molar-refractivity contribution in [2.75, 3.05) is 25.2 Å². The van der Waals surface area contributed by atoms with Crippen LogP contribution in [0.5, 0.6) is 0 Å². The lowest BCUT2D eigenvalue weighted by Crippen LogP contribution is -1.91. The normalized spacial score (nSPS) is 9.75. The van der Waals surface area contributed by atoms with E-state index in [0.29, 0.717) is 0 Å². The molecule has 0 aromatic carbocycles. The Hall–Kier alpha value is 0.310. The number of ether oxygens (including phenoxy) is 1. The molecule has 0 unspecified atom stereocenters. The third kappa shape index (κ3) is 6.31. The molecule has 0 saturated carbocycles. The topological polar surface area (TPSA) is 9.23 Å². The van der Waals surface area contributed by atoms with Crippen LogP contribution in [-0.4, -0.2) is 25.2 Å². The van der Waals surface area contributed by atoms with Gasteiger partial charge >= 0.3 is 0 Å². The molecular weight excluding hydrogens is 120 g/mol. The lowest BCUT2D eigenvalue weighted by molar-refractivity contribution is 0.218. The van der Waals surface area contributed by atoms with Crippen LogP contribution in [0.1, 0.15) is 13.3 Å². The van der Waals surface area contributed by atoms with Gasteiger partial charge in [0.05, 0.1) is 6.61 Å². The molecule has 0 amide bonds. The van der Waals surface area contributed by atoms with E-state index in [4.69, 9.17) is 4.74 Å². The fourth-order valence-electron chi connectivity index (χ4n) is 0.389. The maximum absolute atomic E-state index is 4.87. The van der Waals surface area contributed by atoms with Crippen LogP contribution in [0.15, 0.2) is 0 Å². The van der Waals surface area contributed by atoms with Crippen LogP contribution >= 0.6 is 11.8 Å². The molecule has 0 radical (unpaired) electrons. The maximum Gasteiger partial charge on any atom is 0.0552 e. The molecule has 2 heteroatoms. The van der Waals surface area contributed by atoms with Gasteiger partial charge in [-0.3, -0.25) is 0 Å². The minimum Gasteiger partial charge on any atom is -0.384 e. The Balaban J connectivity index is 2.53. The van der Waals surface area contributed by atoms with Gasteiger partial charge in [-0.05, 0) is 12.2 Å². The predicted octanol–water partition coefficient (Wildman–Crippen LogP) is 1.78. The van der Waals surface area contributed by atoms with E-state index in [2.05, 4.69) is 6.92 Å². The van der Waals surface area contributed by atoms with E-state index >= 15 is 0 Å². The molecule has 0 spiro atoms. The zero-order valence-electron chi connectivity index (χ0n) is 5.64. The molecule has 0 aliphatic rings. The van der Waals surface area contributed by atoms with Crippen molar-refractivity contribution in [3.05, 3.63) is 0 Å². The summed E-state index contributed by atoms with van der Waals surface area (Å²) in [4.78, 5) is 0. The first-order chi connectivity index (χ1) is 3.91. The molecule has 0 bridgehead atoms. The zero-order valence-corrected chi connectivity index (χ0v) is 6.46. The van der Waals surface area contributed by atoms with Gasteiger partial charge < -0.3 is 4.74 Å². The van der Waals surface area contributed by atoms with Crippen LogP contribution < -0.4 is 0 Å². The molecule has 1 nitrogen and oxygen atoms in total. The van der Waals surface area contributed by atoms with Gasteiger partial charge in [-0.15, -0.1) is 0 Å². The average Bonchev–Trinajstić information content (AvgIpc) is 1.81. The summed E-state index contributed by atoms with van der Waals surface area (Å²) in [7, 11) is 1.74. The summed E-state index contributed by atoms with van der Waals surface area (Å²) in [6, 6.07) is 0. The number of methoxy groups -OCH3 is 1. The van der Waals surface area contributed by atoms with Gasteiger partial charge in [0.15, 0.2) is 0 Å². The number of hydrogen-bond donors (Lipinski definition) is 0. The number of thioether (sulfide) groups is 1. The summed E-state index contributed by atoms with van der Waals surface area (Å²) in [5.41, 5.74) is 0. The molecule has 0 aromatic rings. The molecular formula is C6H14OS. The molecule has 0 rings (SSSR count). The van der Waals surface area contributed by atoms with E-state index in [1.807, 2.05) is 11.8 Å². The smallest absolute Gasteiger partial charge is 0.0552 e. The molecule has 0 aliphatic heterocycles. The van der Waals surface area contributed by atoms with Gasteiger partial charge in [-0.2, -0.15) is 11.8 Å². The molecule has 0 fully saturated rings. The van der Waals surface area contributed by atoms with Gasteiger partial charge in [0, 0.05) is 12.9 Å². The van der Waals surface area contributed by atoms with Gasteiger partial charge in [-0.1, -0.05) is 6.92 Å². The zero-order chi connectivity index (χ0) is 6.24. The van der Waals surface area contributed by atoms with Crippen LogP contribution in [0.2, 0.25) is 0 Å². The van der Waals surface area contributed by atoms with Crippen LogP contribution in [0.4, 0.5) is 0 Å². The molecule has 0 aromatic heterocycles. The lowest BCUT2D eigenvalue weighted by Gasteiger charge is -1.95. The molecule has 0 N–H and O–H groups in total. The second kappa shape index (κ2) is 7.31. The van der Waals surface area contributed by atoms with Crippen molar-refractivity contribution in [2.24, 2.45) is 0 Å². The predicted molar refractivity (Wildman–Crippen MR) is 39.5 cm³/mol. The van der Waals surface area contributed by atoms with Crippen molar-refractivity contribution in [2.45, 2.75) is 13.3 Å². The average molecular weight is 134 g/mol. The van der Waals surface area contributed by atoms with Crippen LogP contribution in [0.25, 0.3) is 0 Å². The Labute approximate surface area is 55.8 Å². The van der Waals surface area contributed by atoms with E-state index in [9.17, 15) is 0 Å².